The fourth-order valence-electron chi connectivity index (χ4n) is 2.45. The summed E-state index contributed by atoms with van der Waals surface area (Å²) in [5.41, 5.74) is 6.25. The van der Waals surface area contributed by atoms with Crippen LogP contribution in [0.2, 0.25) is 0 Å². The molecule has 0 aromatic heterocycles. The molecule has 0 saturated heterocycles. The second-order valence-electron chi connectivity index (χ2n) is 7.53. The van der Waals surface area contributed by atoms with Crippen molar-refractivity contribution in [2.45, 2.75) is 39.5 Å². The molecule has 7 heteroatoms. The molecule has 2 rings (SSSR count). The molecular weight excluding hydrogens is 436 g/mol. The molecule has 0 aliphatic carbocycles. The number of amides is 2. The maximum Gasteiger partial charge on any atom is 0.276 e. The zero-order valence-electron chi connectivity index (χ0n) is 17.2. The number of hydrazine groups is 1. The monoisotopic (exact) mass is 462 g/mol. The van der Waals surface area contributed by atoms with Gasteiger partial charge in [0.2, 0.25) is 0 Å². The van der Waals surface area contributed by atoms with E-state index in [0.29, 0.717) is 23.7 Å². The average Bonchev–Trinajstić information content (AvgIpc) is 2.69. The largest absolute Gasteiger partial charge is 0.493 e. The van der Waals surface area contributed by atoms with Crippen molar-refractivity contribution in [1.29, 1.82) is 0 Å². The molecule has 2 aromatic rings. The number of rotatable bonds is 7. The van der Waals surface area contributed by atoms with E-state index in [-0.39, 0.29) is 12.0 Å². The number of ether oxygens (including phenoxy) is 2. The summed E-state index contributed by atoms with van der Waals surface area (Å²) in [6, 6.07) is 12.6. The first kappa shape index (κ1) is 22.7. The number of benzene rings is 2. The molecule has 0 spiro atoms. The molecule has 29 heavy (non-hydrogen) atoms. The predicted molar refractivity (Wildman–Crippen MR) is 116 cm³/mol. The van der Waals surface area contributed by atoms with E-state index >= 15 is 0 Å². The van der Waals surface area contributed by atoms with Gasteiger partial charge in [0.15, 0.2) is 6.61 Å². The third-order valence-corrected chi connectivity index (χ3v) is 4.69. The minimum absolute atomic E-state index is 0.0137. The first-order valence-corrected chi connectivity index (χ1v) is 10.3. The molecule has 0 atom stereocenters. The lowest BCUT2D eigenvalue weighted by Gasteiger charge is -2.20. The highest BCUT2D eigenvalue weighted by Crippen LogP contribution is 2.31. The summed E-state index contributed by atoms with van der Waals surface area (Å²) < 4.78 is 11.9. The van der Waals surface area contributed by atoms with E-state index in [9.17, 15) is 9.59 Å². The van der Waals surface area contributed by atoms with Crippen molar-refractivity contribution in [2.75, 3.05) is 13.2 Å². The highest BCUT2D eigenvalue weighted by atomic mass is 79.9. The standard InChI is InChI=1S/C22H27BrN2O4/c1-5-12-28-18-9-7-6-8-16(18)21(27)25-24-20(26)14-29-19-11-10-15(13-17(19)23)22(2,3)4/h6-11,13H,5,12,14H2,1-4H3,(H,24,26)(H,25,27). The van der Waals surface area contributed by atoms with Gasteiger partial charge in [0.05, 0.1) is 16.6 Å². The van der Waals surface area contributed by atoms with Crippen LogP contribution in [0.3, 0.4) is 0 Å². The zero-order valence-corrected chi connectivity index (χ0v) is 18.8. The summed E-state index contributed by atoms with van der Waals surface area (Å²) in [6.45, 7) is 8.62. The van der Waals surface area contributed by atoms with Crippen molar-refractivity contribution in [3.63, 3.8) is 0 Å². The van der Waals surface area contributed by atoms with Crippen molar-refractivity contribution in [3.05, 3.63) is 58.1 Å². The van der Waals surface area contributed by atoms with Crippen LogP contribution in [-0.4, -0.2) is 25.0 Å². The van der Waals surface area contributed by atoms with Crippen LogP contribution in [0.25, 0.3) is 0 Å². The summed E-state index contributed by atoms with van der Waals surface area (Å²) in [7, 11) is 0. The highest BCUT2D eigenvalue weighted by Gasteiger charge is 2.16. The van der Waals surface area contributed by atoms with Crippen LogP contribution in [0.4, 0.5) is 0 Å². The number of para-hydroxylation sites is 1. The molecule has 0 saturated carbocycles. The molecule has 6 nitrogen and oxygen atoms in total. The van der Waals surface area contributed by atoms with E-state index in [0.717, 1.165) is 16.5 Å². The van der Waals surface area contributed by atoms with Crippen molar-refractivity contribution in [1.82, 2.24) is 10.9 Å². The van der Waals surface area contributed by atoms with E-state index in [2.05, 4.69) is 47.6 Å². The summed E-state index contributed by atoms with van der Waals surface area (Å²) in [4.78, 5) is 24.4. The van der Waals surface area contributed by atoms with Crippen LogP contribution in [0.5, 0.6) is 11.5 Å². The van der Waals surface area contributed by atoms with Crippen molar-refractivity contribution in [3.8, 4) is 11.5 Å². The van der Waals surface area contributed by atoms with E-state index in [1.54, 1.807) is 24.3 Å². The van der Waals surface area contributed by atoms with Crippen molar-refractivity contribution >= 4 is 27.7 Å². The van der Waals surface area contributed by atoms with Gasteiger partial charge < -0.3 is 9.47 Å². The topological polar surface area (TPSA) is 76.7 Å². The lowest BCUT2D eigenvalue weighted by Crippen LogP contribution is -2.44. The number of nitrogens with one attached hydrogen (secondary N) is 2. The predicted octanol–water partition coefficient (Wildman–Crippen LogP) is 4.38. The Balaban J connectivity index is 1.88. The molecule has 0 aliphatic rings. The average molecular weight is 463 g/mol. The van der Waals surface area contributed by atoms with Crippen molar-refractivity contribution in [2.24, 2.45) is 0 Å². The maximum atomic E-state index is 12.3. The first-order chi connectivity index (χ1) is 13.7. The Bertz CT molecular complexity index is 862. The van der Waals surface area contributed by atoms with Crippen LogP contribution in [0, 0.1) is 0 Å². The number of carbonyl (C=O) groups is 2. The van der Waals surface area contributed by atoms with Crippen LogP contribution < -0.4 is 20.3 Å². The molecule has 0 bridgehead atoms. The van der Waals surface area contributed by atoms with Gasteiger partial charge in [-0.1, -0.05) is 45.9 Å². The Hall–Kier alpha value is -2.54. The normalized spacial score (nSPS) is 10.9. The summed E-state index contributed by atoms with van der Waals surface area (Å²) in [5, 5.41) is 0. The zero-order chi connectivity index (χ0) is 21.4. The molecule has 2 amide bonds. The van der Waals surface area contributed by atoms with E-state index in [1.807, 2.05) is 25.1 Å². The number of hydrogen-bond donors (Lipinski definition) is 2. The van der Waals surface area contributed by atoms with Gasteiger partial charge in [0, 0.05) is 0 Å². The smallest absolute Gasteiger partial charge is 0.276 e. The Morgan fingerprint density at radius 3 is 2.38 bits per heavy atom. The molecule has 0 heterocycles. The van der Waals surface area contributed by atoms with Gasteiger partial charge in [0.1, 0.15) is 11.5 Å². The highest BCUT2D eigenvalue weighted by molar-refractivity contribution is 9.10. The quantitative estimate of drug-likeness (QED) is 0.598. The van der Waals surface area contributed by atoms with E-state index in [1.165, 1.54) is 0 Å². The van der Waals surface area contributed by atoms with Gasteiger partial charge in [-0.15, -0.1) is 0 Å². The Labute approximate surface area is 180 Å². The Morgan fingerprint density at radius 2 is 1.72 bits per heavy atom. The Morgan fingerprint density at radius 1 is 1.00 bits per heavy atom. The third kappa shape index (κ3) is 6.78. The summed E-state index contributed by atoms with van der Waals surface area (Å²) in [6.07, 6.45) is 0.830. The molecule has 0 radical (unpaired) electrons. The number of hydrogen-bond acceptors (Lipinski definition) is 4. The minimum atomic E-state index is -0.475. The summed E-state index contributed by atoms with van der Waals surface area (Å²) >= 11 is 3.47. The van der Waals surface area contributed by atoms with Crippen LogP contribution >= 0.6 is 15.9 Å². The Kier molecular flexibility index (Phi) is 8.08. The first-order valence-electron chi connectivity index (χ1n) is 9.46. The fraction of sp³-hybridized carbons (Fsp3) is 0.364. The lowest BCUT2D eigenvalue weighted by atomic mass is 9.87. The van der Waals surface area contributed by atoms with Crippen LogP contribution in [-0.2, 0) is 10.2 Å². The number of carbonyl (C=O) groups excluding carboxylic acids is 2. The fourth-order valence-corrected chi connectivity index (χ4v) is 2.94. The lowest BCUT2D eigenvalue weighted by molar-refractivity contribution is -0.123. The van der Waals surface area contributed by atoms with Gasteiger partial charge in [-0.2, -0.15) is 0 Å². The molecule has 156 valence electrons. The minimum Gasteiger partial charge on any atom is -0.493 e. The molecule has 0 unspecified atom stereocenters. The second kappa shape index (κ2) is 10.3. The molecule has 0 fully saturated rings. The van der Waals surface area contributed by atoms with E-state index < -0.39 is 11.8 Å². The van der Waals surface area contributed by atoms with Gasteiger partial charge in [-0.3, -0.25) is 20.4 Å². The van der Waals surface area contributed by atoms with Gasteiger partial charge in [0.25, 0.3) is 11.8 Å². The molecule has 0 aliphatic heterocycles. The molecule has 2 aromatic carbocycles. The summed E-state index contributed by atoms with van der Waals surface area (Å²) in [5.74, 6) is 0.0934. The van der Waals surface area contributed by atoms with Crippen LogP contribution in [0.15, 0.2) is 46.9 Å². The van der Waals surface area contributed by atoms with Gasteiger partial charge >= 0.3 is 0 Å². The molecule has 2 N–H and O–H groups in total. The third-order valence-electron chi connectivity index (χ3n) is 4.07. The maximum absolute atomic E-state index is 12.3. The van der Waals surface area contributed by atoms with Crippen molar-refractivity contribution < 1.29 is 19.1 Å². The van der Waals surface area contributed by atoms with Gasteiger partial charge in [-0.25, -0.2) is 0 Å². The van der Waals surface area contributed by atoms with Gasteiger partial charge in [-0.05, 0) is 57.6 Å². The number of halogens is 1. The van der Waals surface area contributed by atoms with Crippen LogP contribution in [0.1, 0.15) is 50.0 Å². The molecular formula is C22H27BrN2O4. The van der Waals surface area contributed by atoms with E-state index in [4.69, 9.17) is 9.47 Å². The SMILES string of the molecule is CCCOc1ccccc1C(=O)NNC(=O)COc1ccc(C(C)(C)C)cc1Br. The second-order valence-corrected chi connectivity index (χ2v) is 8.39.